The highest BCUT2D eigenvalue weighted by Crippen LogP contribution is 2.23. The molecule has 0 aromatic rings. The van der Waals surface area contributed by atoms with Crippen LogP contribution in [0, 0.1) is 0 Å². The molecule has 0 aliphatic carbocycles. The molecule has 0 bridgehead atoms. The Labute approximate surface area is 106 Å². The molecular formula is C11H28N2O3Si. The SMILES string of the molecule is CCC[Si](OCC)(OCC)OC(N)(CC)CN. The van der Waals surface area contributed by atoms with E-state index in [1.165, 1.54) is 0 Å². The van der Waals surface area contributed by atoms with Crippen LogP contribution in [0.4, 0.5) is 0 Å². The first-order valence-corrected chi connectivity index (χ1v) is 8.41. The van der Waals surface area contributed by atoms with Crippen molar-refractivity contribution in [2.45, 2.75) is 52.3 Å². The molecule has 0 heterocycles. The largest absolute Gasteiger partial charge is 0.502 e. The molecule has 0 radical (unpaired) electrons. The predicted molar refractivity (Wildman–Crippen MR) is 71.5 cm³/mol. The standard InChI is InChI=1S/C11H28N2O3Si/c1-5-9-17(14-7-3,15-8-4)16-11(13,6-2)10-12/h5-10,12-13H2,1-4H3. The van der Waals surface area contributed by atoms with Crippen LogP contribution in [0.15, 0.2) is 0 Å². The van der Waals surface area contributed by atoms with E-state index in [2.05, 4.69) is 6.92 Å². The zero-order chi connectivity index (χ0) is 13.4. The van der Waals surface area contributed by atoms with Crippen LogP contribution in [-0.4, -0.2) is 34.3 Å². The number of hydrogen-bond donors (Lipinski definition) is 2. The maximum Gasteiger partial charge on any atom is 0.502 e. The van der Waals surface area contributed by atoms with E-state index < -0.39 is 14.5 Å². The second-order valence-electron chi connectivity index (χ2n) is 4.02. The smallest absolute Gasteiger partial charge is 0.374 e. The van der Waals surface area contributed by atoms with Crippen LogP contribution < -0.4 is 11.5 Å². The summed E-state index contributed by atoms with van der Waals surface area (Å²) in [4.78, 5) is 0. The maximum absolute atomic E-state index is 6.10. The van der Waals surface area contributed by atoms with Crippen molar-refractivity contribution in [1.29, 1.82) is 0 Å². The molecule has 0 fully saturated rings. The summed E-state index contributed by atoms with van der Waals surface area (Å²) in [5, 5.41) is 0. The second-order valence-corrected chi connectivity index (χ2v) is 6.67. The van der Waals surface area contributed by atoms with E-state index >= 15 is 0 Å². The quantitative estimate of drug-likeness (QED) is 0.461. The Bertz CT molecular complexity index is 184. The zero-order valence-corrected chi connectivity index (χ0v) is 12.6. The van der Waals surface area contributed by atoms with Gasteiger partial charge in [-0.15, -0.1) is 0 Å². The van der Waals surface area contributed by atoms with Gasteiger partial charge in [-0.3, -0.25) is 0 Å². The molecule has 1 atom stereocenters. The van der Waals surface area contributed by atoms with Crippen molar-refractivity contribution in [2.24, 2.45) is 11.5 Å². The molecule has 0 aromatic carbocycles. The topological polar surface area (TPSA) is 79.7 Å². The predicted octanol–water partition coefficient (Wildman–Crippen LogP) is 1.45. The molecule has 0 aromatic heterocycles. The third kappa shape index (κ3) is 5.46. The maximum atomic E-state index is 6.10. The molecule has 0 saturated heterocycles. The third-order valence-electron chi connectivity index (χ3n) is 2.59. The van der Waals surface area contributed by atoms with E-state index in [-0.39, 0.29) is 6.54 Å². The van der Waals surface area contributed by atoms with Crippen LogP contribution >= 0.6 is 0 Å². The lowest BCUT2D eigenvalue weighted by Crippen LogP contribution is -2.60. The van der Waals surface area contributed by atoms with Crippen molar-refractivity contribution >= 4 is 8.80 Å². The Morgan fingerprint density at radius 2 is 1.59 bits per heavy atom. The molecular weight excluding hydrogens is 236 g/mol. The van der Waals surface area contributed by atoms with Gasteiger partial charge in [-0.1, -0.05) is 20.3 Å². The van der Waals surface area contributed by atoms with E-state index in [1.54, 1.807) is 0 Å². The molecule has 0 aliphatic heterocycles. The highest BCUT2D eigenvalue weighted by atomic mass is 28.4. The molecule has 5 nitrogen and oxygen atoms in total. The lowest BCUT2D eigenvalue weighted by molar-refractivity contribution is -0.0244. The van der Waals surface area contributed by atoms with Crippen LogP contribution in [0.5, 0.6) is 0 Å². The van der Waals surface area contributed by atoms with Gasteiger partial charge in [-0.25, -0.2) is 0 Å². The fraction of sp³-hybridized carbons (Fsp3) is 1.00. The van der Waals surface area contributed by atoms with Gasteiger partial charge in [-0.05, 0) is 20.3 Å². The summed E-state index contributed by atoms with van der Waals surface area (Å²) in [6, 6.07) is 0.771. The van der Waals surface area contributed by atoms with Crippen molar-refractivity contribution in [3.05, 3.63) is 0 Å². The van der Waals surface area contributed by atoms with Crippen molar-refractivity contribution < 1.29 is 13.3 Å². The molecule has 104 valence electrons. The van der Waals surface area contributed by atoms with Gasteiger partial charge in [0.2, 0.25) is 0 Å². The summed E-state index contributed by atoms with van der Waals surface area (Å²) in [7, 11) is -2.68. The Kier molecular flexibility index (Phi) is 8.19. The molecule has 17 heavy (non-hydrogen) atoms. The molecule has 6 heteroatoms. The highest BCUT2D eigenvalue weighted by Gasteiger charge is 2.45. The van der Waals surface area contributed by atoms with Crippen molar-refractivity contribution in [2.75, 3.05) is 19.8 Å². The monoisotopic (exact) mass is 264 g/mol. The van der Waals surface area contributed by atoms with Gasteiger partial charge in [0.1, 0.15) is 5.72 Å². The van der Waals surface area contributed by atoms with Gasteiger partial charge >= 0.3 is 8.80 Å². The van der Waals surface area contributed by atoms with Gasteiger partial charge < -0.3 is 24.7 Å². The second kappa shape index (κ2) is 8.18. The van der Waals surface area contributed by atoms with Gasteiger partial charge in [0.25, 0.3) is 0 Å². The minimum Gasteiger partial charge on any atom is -0.374 e. The van der Waals surface area contributed by atoms with E-state index in [4.69, 9.17) is 24.7 Å². The summed E-state index contributed by atoms with van der Waals surface area (Å²) >= 11 is 0. The lowest BCUT2D eigenvalue weighted by atomic mass is 10.2. The van der Waals surface area contributed by atoms with Crippen LogP contribution in [0.1, 0.15) is 40.5 Å². The first kappa shape index (κ1) is 17.0. The fourth-order valence-corrected chi connectivity index (χ4v) is 4.54. The first-order chi connectivity index (χ1) is 8.01. The Balaban J connectivity index is 4.85. The van der Waals surface area contributed by atoms with Gasteiger partial charge in [0.15, 0.2) is 0 Å². The summed E-state index contributed by atoms with van der Waals surface area (Å²) in [5.74, 6) is 0. The number of rotatable bonds is 10. The fourth-order valence-electron chi connectivity index (χ4n) is 1.61. The minimum atomic E-state index is -2.68. The van der Waals surface area contributed by atoms with Gasteiger partial charge in [-0.2, -0.15) is 0 Å². The lowest BCUT2D eigenvalue weighted by Gasteiger charge is -2.37. The molecule has 0 aliphatic rings. The van der Waals surface area contributed by atoms with E-state index in [0.717, 1.165) is 12.5 Å². The molecule has 0 rings (SSSR count). The van der Waals surface area contributed by atoms with Crippen LogP contribution in [0.25, 0.3) is 0 Å². The summed E-state index contributed by atoms with van der Waals surface area (Å²) in [6.45, 7) is 9.31. The average molecular weight is 264 g/mol. The van der Waals surface area contributed by atoms with Crippen molar-refractivity contribution in [3.8, 4) is 0 Å². The van der Waals surface area contributed by atoms with Crippen LogP contribution in [-0.2, 0) is 13.3 Å². The Hall–Kier alpha value is 0.0169. The van der Waals surface area contributed by atoms with Gasteiger partial charge in [0.05, 0.1) is 0 Å². The van der Waals surface area contributed by atoms with E-state index in [1.807, 2.05) is 20.8 Å². The zero-order valence-electron chi connectivity index (χ0n) is 11.6. The van der Waals surface area contributed by atoms with Crippen LogP contribution in [0.2, 0.25) is 6.04 Å². The normalized spacial score (nSPS) is 15.9. The molecule has 0 amide bonds. The van der Waals surface area contributed by atoms with E-state index in [9.17, 15) is 0 Å². The van der Waals surface area contributed by atoms with Crippen molar-refractivity contribution in [1.82, 2.24) is 0 Å². The average Bonchev–Trinajstić information content (AvgIpc) is 2.30. The van der Waals surface area contributed by atoms with E-state index in [0.29, 0.717) is 19.6 Å². The molecule has 1 unspecified atom stereocenters. The number of nitrogens with two attached hydrogens (primary N) is 2. The summed E-state index contributed by atoms with van der Waals surface area (Å²) < 4.78 is 17.5. The number of hydrogen-bond acceptors (Lipinski definition) is 5. The Morgan fingerprint density at radius 1 is 1.06 bits per heavy atom. The molecule has 4 N–H and O–H groups in total. The van der Waals surface area contributed by atoms with Crippen LogP contribution in [0.3, 0.4) is 0 Å². The minimum absolute atomic E-state index is 0.266. The highest BCUT2D eigenvalue weighted by molar-refractivity contribution is 6.60. The van der Waals surface area contributed by atoms with Gasteiger partial charge in [0, 0.05) is 25.8 Å². The summed E-state index contributed by atoms with van der Waals surface area (Å²) in [5.41, 5.74) is 10.9. The third-order valence-corrected chi connectivity index (χ3v) is 5.87. The Morgan fingerprint density at radius 3 is 1.88 bits per heavy atom. The first-order valence-electron chi connectivity index (χ1n) is 6.48. The molecule has 0 spiro atoms. The summed E-state index contributed by atoms with van der Waals surface area (Å²) in [6.07, 6.45) is 1.58. The van der Waals surface area contributed by atoms with Crippen molar-refractivity contribution in [3.63, 3.8) is 0 Å². The molecule has 0 saturated carbocycles.